The number of hydrogen-bond donors (Lipinski definition) is 1. The van der Waals surface area contributed by atoms with Gasteiger partial charge >= 0.3 is 0 Å². The van der Waals surface area contributed by atoms with Crippen LogP contribution in [0.25, 0.3) is 11.0 Å². The van der Waals surface area contributed by atoms with Gasteiger partial charge in [0.15, 0.2) is 0 Å². The molecule has 0 amide bonds. The highest BCUT2D eigenvalue weighted by molar-refractivity contribution is 5.86. The summed E-state index contributed by atoms with van der Waals surface area (Å²) in [5, 5.41) is 4.56. The molecule has 96 valence electrons. The second-order valence-corrected chi connectivity index (χ2v) is 5.62. The zero-order valence-corrected chi connectivity index (χ0v) is 11.4. The van der Waals surface area contributed by atoms with Crippen LogP contribution < -0.4 is 5.32 Å². The van der Waals surface area contributed by atoms with Crippen LogP contribution in [0.4, 0.5) is 0 Å². The number of rotatable bonds is 4. The molecule has 1 aliphatic carbocycles. The van der Waals surface area contributed by atoms with Gasteiger partial charge in [-0.25, -0.2) is 0 Å². The lowest BCUT2D eigenvalue weighted by Gasteiger charge is -2.05. The fourth-order valence-electron chi connectivity index (χ4n) is 2.78. The molecule has 18 heavy (non-hydrogen) atoms. The van der Waals surface area contributed by atoms with Gasteiger partial charge in [0.05, 0.1) is 6.54 Å². The zero-order valence-electron chi connectivity index (χ0n) is 11.4. The minimum atomic E-state index is 0.509. The average molecular weight is 243 g/mol. The highest BCUT2D eigenvalue weighted by Gasteiger charge is 2.31. The van der Waals surface area contributed by atoms with E-state index in [1.54, 1.807) is 0 Å². The third-order valence-corrected chi connectivity index (χ3v) is 3.81. The van der Waals surface area contributed by atoms with Crippen molar-refractivity contribution in [2.75, 3.05) is 7.05 Å². The second-order valence-electron chi connectivity index (χ2n) is 5.62. The number of benzene rings is 1. The van der Waals surface area contributed by atoms with Gasteiger partial charge < -0.3 is 9.73 Å². The van der Waals surface area contributed by atoms with Crippen LogP contribution in [-0.2, 0) is 6.54 Å². The Labute approximate surface area is 108 Å². The lowest BCUT2D eigenvalue weighted by atomic mass is 9.98. The first-order chi connectivity index (χ1) is 8.72. The molecular weight excluding hydrogens is 222 g/mol. The van der Waals surface area contributed by atoms with Crippen LogP contribution in [0.15, 0.2) is 22.6 Å². The van der Waals surface area contributed by atoms with Gasteiger partial charge in [-0.2, -0.15) is 0 Å². The van der Waals surface area contributed by atoms with Crippen LogP contribution in [-0.4, -0.2) is 7.05 Å². The first kappa shape index (κ1) is 11.8. The van der Waals surface area contributed by atoms with E-state index in [-0.39, 0.29) is 0 Å². The number of hydrogen-bond acceptors (Lipinski definition) is 2. The van der Waals surface area contributed by atoms with Crippen LogP contribution in [0.1, 0.15) is 55.4 Å². The van der Waals surface area contributed by atoms with Crippen LogP contribution in [0.2, 0.25) is 0 Å². The summed E-state index contributed by atoms with van der Waals surface area (Å²) in [6, 6.07) is 6.58. The van der Waals surface area contributed by atoms with Crippen molar-refractivity contribution in [2.45, 2.75) is 45.1 Å². The Kier molecular flexibility index (Phi) is 2.90. The van der Waals surface area contributed by atoms with Crippen LogP contribution in [0.3, 0.4) is 0 Å². The summed E-state index contributed by atoms with van der Waals surface area (Å²) in [5.41, 5.74) is 3.90. The van der Waals surface area contributed by atoms with Crippen molar-refractivity contribution in [1.29, 1.82) is 0 Å². The minimum absolute atomic E-state index is 0.509. The van der Waals surface area contributed by atoms with E-state index in [9.17, 15) is 0 Å². The van der Waals surface area contributed by atoms with Crippen molar-refractivity contribution in [3.63, 3.8) is 0 Å². The van der Waals surface area contributed by atoms with E-state index in [1.807, 2.05) is 7.05 Å². The maximum atomic E-state index is 6.17. The molecule has 3 rings (SSSR count). The Morgan fingerprint density at radius 3 is 2.72 bits per heavy atom. The third-order valence-electron chi connectivity index (χ3n) is 3.81. The number of furan rings is 1. The van der Waals surface area contributed by atoms with Gasteiger partial charge in [0, 0.05) is 10.9 Å². The lowest BCUT2D eigenvalue weighted by molar-refractivity contribution is 0.520. The summed E-state index contributed by atoms with van der Waals surface area (Å²) in [5.74, 6) is 2.38. The standard InChI is InChI=1S/C16H21NO/c1-10(2)12-5-4-6-13-15(11-7-8-11)14(9-17-3)18-16(12)13/h4-6,10-11,17H,7-9H2,1-3H3. The summed E-state index contributed by atoms with van der Waals surface area (Å²) < 4.78 is 6.17. The Balaban J connectivity index is 2.22. The van der Waals surface area contributed by atoms with E-state index in [0.717, 1.165) is 23.8 Å². The summed E-state index contributed by atoms with van der Waals surface area (Å²) in [6.07, 6.45) is 2.63. The molecule has 0 aliphatic heterocycles. The summed E-state index contributed by atoms with van der Waals surface area (Å²) in [4.78, 5) is 0. The van der Waals surface area contributed by atoms with Crippen LogP contribution in [0, 0.1) is 0 Å². The molecule has 0 spiro atoms. The zero-order chi connectivity index (χ0) is 12.7. The van der Waals surface area contributed by atoms with Crippen molar-refractivity contribution >= 4 is 11.0 Å². The minimum Gasteiger partial charge on any atom is -0.459 e. The van der Waals surface area contributed by atoms with E-state index < -0.39 is 0 Å². The Morgan fingerprint density at radius 2 is 2.11 bits per heavy atom. The largest absolute Gasteiger partial charge is 0.459 e. The van der Waals surface area contributed by atoms with Crippen molar-refractivity contribution in [2.24, 2.45) is 0 Å². The quantitative estimate of drug-likeness (QED) is 0.872. The molecule has 0 saturated heterocycles. The van der Waals surface area contributed by atoms with Crippen LogP contribution in [0.5, 0.6) is 0 Å². The Bertz CT molecular complexity index is 564. The van der Waals surface area contributed by atoms with Gasteiger partial charge in [-0.15, -0.1) is 0 Å². The maximum absolute atomic E-state index is 6.17. The van der Waals surface area contributed by atoms with Crippen molar-refractivity contribution in [3.8, 4) is 0 Å². The Hall–Kier alpha value is -1.28. The van der Waals surface area contributed by atoms with E-state index in [1.165, 1.54) is 29.4 Å². The fourth-order valence-corrected chi connectivity index (χ4v) is 2.78. The molecule has 0 unspecified atom stereocenters. The van der Waals surface area contributed by atoms with E-state index in [4.69, 9.17) is 4.42 Å². The predicted octanol–water partition coefficient (Wildman–Crippen LogP) is 4.15. The highest BCUT2D eigenvalue weighted by Crippen LogP contribution is 2.47. The highest BCUT2D eigenvalue weighted by atomic mass is 16.3. The van der Waals surface area contributed by atoms with Crippen molar-refractivity contribution in [1.82, 2.24) is 5.32 Å². The first-order valence-corrected chi connectivity index (χ1v) is 6.91. The van der Waals surface area contributed by atoms with Gasteiger partial charge in [0.25, 0.3) is 0 Å². The van der Waals surface area contributed by atoms with Gasteiger partial charge in [-0.1, -0.05) is 32.0 Å². The Morgan fingerprint density at radius 1 is 1.33 bits per heavy atom. The van der Waals surface area contributed by atoms with Gasteiger partial charge in [0.1, 0.15) is 11.3 Å². The molecular formula is C16H21NO. The van der Waals surface area contributed by atoms with Crippen molar-refractivity contribution < 1.29 is 4.42 Å². The molecule has 0 atom stereocenters. The molecule has 1 saturated carbocycles. The smallest absolute Gasteiger partial charge is 0.138 e. The molecule has 1 heterocycles. The molecule has 1 fully saturated rings. The topological polar surface area (TPSA) is 25.2 Å². The van der Waals surface area contributed by atoms with E-state index in [0.29, 0.717) is 5.92 Å². The summed E-state index contributed by atoms with van der Waals surface area (Å²) in [7, 11) is 1.98. The monoisotopic (exact) mass is 243 g/mol. The molecule has 0 bridgehead atoms. The molecule has 0 radical (unpaired) electrons. The van der Waals surface area contributed by atoms with E-state index in [2.05, 4.69) is 37.4 Å². The summed E-state index contributed by atoms with van der Waals surface area (Å²) >= 11 is 0. The van der Waals surface area contributed by atoms with Gasteiger partial charge in [-0.3, -0.25) is 0 Å². The number of nitrogens with one attached hydrogen (secondary N) is 1. The molecule has 1 aromatic heterocycles. The fraction of sp³-hybridized carbons (Fsp3) is 0.500. The molecule has 2 aromatic rings. The lowest BCUT2D eigenvalue weighted by Crippen LogP contribution is -2.05. The number of fused-ring (bicyclic) bond motifs is 1. The average Bonchev–Trinajstić information content (AvgIpc) is 3.10. The predicted molar refractivity (Wildman–Crippen MR) is 75.0 cm³/mol. The molecule has 1 N–H and O–H groups in total. The molecule has 1 aliphatic rings. The molecule has 2 heteroatoms. The number of para-hydroxylation sites is 1. The van der Waals surface area contributed by atoms with Crippen molar-refractivity contribution in [3.05, 3.63) is 35.1 Å². The normalized spacial score (nSPS) is 15.8. The third kappa shape index (κ3) is 1.85. The first-order valence-electron chi connectivity index (χ1n) is 6.91. The molecule has 1 aromatic carbocycles. The van der Waals surface area contributed by atoms with Gasteiger partial charge in [-0.05, 0) is 37.3 Å². The van der Waals surface area contributed by atoms with E-state index >= 15 is 0 Å². The maximum Gasteiger partial charge on any atom is 0.138 e. The summed E-state index contributed by atoms with van der Waals surface area (Å²) in [6.45, 7) is 5.29. The second kappa shape index (κ2) is 4.43. The SMILES string of the molecule is CNCc1oc2c(C(C)C)cccc2c1C1CC1. The molecule has 2 nitrogen and oxygen atoms in total. The van der Waals surface area contributed by atoms with Gasteiger partial charge in [0.2, 0.25) is 0 Å². The van der Waals surface area contributed by atoms with Crippen LogP contribution >= 0.6 is 0 Å².